The lowest BCUT2D eigenvalue weighted by atomic mass is 10.1. The molecule has 1 aromatic carbocycles. The molecule has 0 aliphatic rings. The van der Waals surface area contributed by atoms with Crippen molar-refractivity contribution in [3.63, 3.8) is 0 Å². The molecule has 2 aromatic heterocycles. The summed E-state index contributed by atoms with van der Waals surface area (Å²) in [6.45, 7) is 2.39. The van der Waals surface area contributed by atoms with E-state index in [0.29, 0.717) is 34.4 Å². The van der Waals surface area contributed by atoms with Crippen molar-refractivity contribution in [1.82, 2.24) is 4.98 Å². The van der Waals surface area contributed by atoms with Gasteiger partial charge in [-0.3, -0.25) is 0 Å². The Balaban J connectivity index is 2.00. The SMILES string of the molecule is CCOc1c(OC)cc(/C=C(/C#N)c2nc(-c3cccs3)cs2)cc1OC. The average molecular weight is 399 g/mol. The lowest BCUT2D eigenvalue weighted by molar-refractivity contribution is 0.288. The fraction of sp³-hybridized carbons (Fsp3) is 0.200. The van der Waals surface area contributed by atoms with E-state index in [1.54, 1.807) is 31.6 Å². The molecule has 0 bridgehead atoms. The Hall–Kier alpha value is -2.82. The predicted octanol–water partition coefficient (Wildman–Crippen LogP) is 5.35. The van der Waals surface area contributed by atoms with Gasteiger partial charge in [0.25, 0.3) is 0 Å². The summed E-state index contributed by atoms with van der Waals surface area (Å²) in [5.74, 6) is 1.66. The van der Waals surface area contributed by atoms with E-state index in [1.807, 2.05) is 41.9 Å². The van der Waals surface area contributed by atoms with Gasteiger partial charge in [-0.15, -0.1) is 22.7 Å². The number of nitrogens with zero attached hydrogens (tertiary/aromatic N) is 2. The second-order valence-electron chi connectivity index (χ2n) is 5.37. The van der Waals surface area contributed by atoms with Crippen LogP contribution >= 0.6 is 22.7 Å². The zero-order valence-corrected chi connectivity index (χ0v) is 16.8. The van der Waals surface area contributed by atoms with E-state index in [9.17, 15) is 5.26 Å². The predicted molar refractivity (Wildman–Crippen MR) is 110 cm³/mol. The summed E-state index contributed by atoms with van der Waals surface area (Å²) in [6, 6.07) is 9.88. The number of allylic oxidation sites excluding steroid dienone is 1. The summed E-state index contributed by atoms with van der Waals surface area (Å²) in [5.41, 5.74) is 2.14. The molecule has 0 aliphatic carbocycles. The summed E-state index contributed by atoms with van der Waals surface area (Å²) < 4.78 is 16.5. The van der Waals surface area contributed by atoms with Gasteiger partial charge in [0.2, 0.25) is 5.75 Å². The van der Waals surface area contributed by atoms with Crippen LogP contribution in [0.1, 0.15) is 17.5 Å². The zero-order valence-electron chi connectivity index (χ0n) is 15.2. The maximum absolute atomic E-state index is 9.64. The summed E-state index contributed by atoms with van der Waals surface area (Å²) in [7, 11) is 3.15. The monoisotopic (exact) mass is 398 g/mol. The Labute approximate surface area is 166 Å². The van der Waals surface area contributed by atoms with Crippen LogP contribution in [0.15, 0.2) is 35.0 Å². The highest BCUT2D eigenvalue weighted by atomic mass is 32.1. The molecule has 138 valence electrons. The molecule has 0 aliphatic heterocycles. The maximum atomic E-state index is 9.64. The summed E-state index contributed by atoms with van der Waals surface area (Å²) in [5, 5.41) is 14.3. The number of methoxy groups -OCH3 is 2. The maximum Gasteiger partial charge on any atom is 0.203 e. The van der Waals surface area contributed by atoms with Crippen LogP contribution in [0.3, 0.4) is 0 Å². The van der Waals surface area contributed by atoms with Crippen LogP contribution in [0, 0.1) is 11.3 Å². The van der Waals surface area contributed by atoms with E-state index in [1.165, 1.54) is 11.3 Å². The molecule has 0 atom stereocenters. The first-order chi connectivity index (χ1) is 13.2. The van der Waals surface area contributed by atoms with Gasteiger partial charge in [0, 0.05) is 5.38 Å². The number of thiazole rings is 1. The van der Waals surface area contributed by atoms with E-state index < -0.39 is 0 Å². The van der Waals surface area contributed by atoms with Crippen LogP contribution in [0.5, 0.6) is 17.2 Å². The molecular formula is C20H18N2O3S2. The van der Waals surface area contributed by atoms with Gasteiger partial charge in [0.05, 0.1) is 37.0 Å². The van der Waals surface area contributed by atoms with Gasteiger partial charge in [-0.05, 0) is 42.1 Å². The lowest BCUT2D eigenvalue weighted by Gasteiger charge is -2.14. The first-order valence-electron chi connectivity index (χ1n) is 8.20. The number of aromatic nitrogens is 1. The van der Waals surface area contributed by atoms with Crippen LogP contribution in [0.25, 0.3) is 22.2 Å². The van der Waals surface area contributed by atoms with E-state index in [0.717, 1.165) is 16.1 Å². The molecule has 3 rings (SSSR count). The van der Waals surface area contributed by atoms with Gasteiger partial charge in [-0.1, -0.05) is 6.07 Å². The number of benzene rings is 1. The van der Waals surface area contributed by atoms with Crippen molar-refractivity contribution < 1.29 is 14.2 Å². The topological polar surface area (TPSA) is 64.4 Å². The second kappa shape index (κ2) is 8.71. The highest BCUT2D eigenvalue weighted by Crippen LogP contribution is 2.39. The van der Waals surface area contributed by atoms with Gasteiger partial charge < -0.3 is 14.2 Å². The Morgan fingerprint density at radius 2 is 1.96 bits per heavy atom. The number of nitriles is 1. The molecule has 27 heavy (non-hydrogen) atoms. The summed E-state index contributed by atoms with van der Waals surface area (Å²) in [4.78, 5) is 5.69. The third-order valence-corrected chi connectivity index (χ3v) is 5.48. The largest absolute Gasteiger partial charge is 0.493 e. The molecule has 0 saturated heterocycles. The standard InChI is InChI=1S/C20H18N2O3S2/c1-4-25-19-16(23-2)9-13(10-17(19)24-3)8-14(11-21)20-22-15(12-27-20)18-6-5-7-26-18/h5-10,12H,4H2,1-3H3/b14-8-. The number of hydrogen-bond acceptors (Lipinski definition) is 7. The number of thiophene rings is 1. The third kappa shape index (κ3) is 4.13. The molecule has 0 saturated carbocycles. The van der Waals surface area contributed by atoms with Crippen LogP contribution in [0.2, 0.25) is 0 Å². The van der Waals surface area contributed by atoms with Gasteiger partial charge in [0.15, 0.2) is 11.5 Å². The molecule has 0 radical (unpaired) electrons. The minimum absolute atomic E-state index is 0.482. The van der Waals surface area contributed by atoms with Crippen molar-refractivity contribution in [3.05, 3.63) is 45.6 Å². The molecule has 2 heterocycles. The van der Waals surface area contributed by atoms with Gasteiger partial charge >= 0.3 is 0 Å². The molecule has 0 N–H and O–H groups in total. The van der Waals surface area contributed by atoms with Crippen molar-refractivity contribution in [2.75, 3.05) is 20.8 Å². The average Bonchev–Trinajstić information content (AvgIpc) is 3.38. The van der Waals surface area contributed by atoms with Crippen molar-refractivity contribution >= 4 is 34.3 Å². The molecular weight excluding hydrogens is 380 g/mol. The van der Waals surface area contributed by atoms with Gasteiger partial charge in [0.1, 0.15) is 11.1 Å². The summed E-state index contributed by atoms with van der Waals surface area (Å²) in [6.07, 6.45) is 1.78. The first-order valence-corrected chi connectivity index (χ1v) is 9.96. The van der Waals surface area contributed by atoms with Gasteiger partial charge in [-0.25, -0.2) is 4.98 Å². The lowest BCUT2D eigenvalue weighted by Crippen LogP contribution is -1.99. The molecule has 0 fully saturated rings. The quantitative estimate of drug-likeness (QED) is 0.502. The van der Waals surface area contributed by atoms with Crippen molar-refractivity contribution in [1.29, 1.82) is 5.26 Å². The smallest absolute Gasteiger partial charge is 0.203 e. The number of ether oxygens (including phenoxy) is 3. The van der Waals surface area contributed by atoms with Crippen LogP contribution < -0.4 is 14.2 Å². The van der Waals surface area contributed by atoms with E-state index in [-0.39, 0.29) is 0 Å². The van der Waals surface area contributed by atoms with E-state index in [4.69, 9.17) is 14.2 Å². The minimum atomic E-state index is 0.482. The van der Waals surface area contributed by atoms with E-state index >= 15 is 0 Å². The van der Waals surface area contributed by atoms with Crippen molar-refractivity contribution in [2.45, 2.75) is 6.92 Å². The Morgan fingerprint density at radius 1 is 1.22 bits per heavy atom. The first kappa shape index (κ1) is 19.0. The highest BCUT2D eigenvalue weighted by Gasteiger charge is 2.15. The molecule has 5 nitrogen and oxygen atoms in total. The Kier molecular flexibility index (Phi) is 6.12. The van der Waals surface area contributed by atoms with Crippen LogP contribution in [0.4, 0.5) is 0 Å². The fourth-order valence-corrected chi connectivity index (χ4v) is 4.06. The minimum Gasteiger partial charge on any atom is -0.493 e. The van der Waals surface area contributed by atoms with Crippen LogP contribution in [-0.4, -0.2) is 25.8 Å². The number of rotatable bonds is 7. The molecule has 0 spiro atoms. The number of hydrogen-bond donors (Lipinski definition) is 0. The Bertz CT molecular complexity index is 960. The zero-order chi connectivity index (χ0) is 19.2. The van der Waals surface area contributed by atoms with Crippen LogP contribution in [-0.2, 0) is 0 Å². The highest BCUT2D eigenvalue weighted by molar-refractivity contribution is 7.14. The second-order valence-corrected chi connectivity index (χ2v) is 7.18. The van der Waals surface area contributed by atoms with E-state index in [2.05, 4.69) is 11.1 Å². The van der Waals surface area contributed by atoms with Crippen molar-refractivity contribution in [3.8, 4) is 33.9 Å². The normalized spacial score (nSPS) is 11.1. The molecule has 0 amide bonds. The molecule has 3 aromatic rings. The van der Waals surface area contributed by atoms with Crippen molar-refractivity contribution in [2.24, 2.45) is 0 Å². The van der Waals surface area contributed by atoms with Gasteiger partial charge in [-0.2, -0.15) is 5.26 Å². The fourth-order valence-electron chi connectivity index (χ4n) is 2.51. The molecule has 0 unspecified atom stereocenters. The Morgan fingerprint density at radius 3 is 2.52 bits per heavy atom. The third-order valence-electron chi connectivity index (χ3n) is 3.71. The summed E-state index contributed by atoms with van der Waals surface area (Å²) >= 11 is 3.07. The molecule has 7 heteroatoms.